The second-order valence-electron chi connectivity index (χ2n) is 7.12. The summed E-state index contributed by atoms with van der Waals surface area (Å²) in [6, 6.07) is 16.5. The number of aliphatic imine (C=N–C) groups is 1. The monoisotopic (exact) mass is 393 g/mol. The van der Waals surface area contributed by atoms with E-state index < -0.39 is 0 Å². The lowest BCUT2D eigenvalue weighted by Gasteiger charge is -2.27. The first-order valence-electron chi connectivity index (χ1n) is 9.73. The molecule has 0 aliphatic carbocycles. The summed E-state index contributed by atoms with van der Waals surface area (Å²) in [7, 11) is 0. The number of aromatic nitrogens is 1. The van der Waals surface area contributed by atoms with E-state index in [1.807, 2.05) is 48.2 Å². The van der Waals surface area contributed by atoms with Crippen molar-refractivity contribution in [3.63, 3.8) is 0 Å². The van der Waals surface area contributed by atoms with Crippen molar-refractivity contribution in [3.05, 3.63) is 71.7 Å². The van der Waals surface area contributed by atoms with Crippen molar-refractivity contribution in [2.45, 2.75) is 12.8 Å². The van der Waals surface area contributed by atoms with Gasteiger partial charge in [0.05, 0.1) is 0 Å². The number of hydrogen-bond acceptors (Lipinski definition) is 4. The van der Waals surface area contributed by atoms with Crippen LogP contribution in [0.3, 0.4) is 0 Å². The minimum atomic E-state index is -0.263. The first kappa shape index (κ1) is 19.1. The molecule has 3 N–H and O–H groups in total. The second-order valence-corrected chi connectivity index (χ2v) is 7.12. The van der Waals surface area contributed by atoms with Crippen molar-refractivity contribution >= 4 is 11.8 Å². The normalized spacial score (nSPS) is 16.1. The van der Waals surface area contributed by atoms with E-state index in [1.165, 1.54) is 0 Å². The summed E-state index contributed by atoms with van der Waals surface area (Å²) < 4.78 is 20.2. The summed E-state index contributed by atoms with van der Waals surface area (Å²) in [6.07, 6.45) is 0. The molecule has 1 unspecified atom stereocenters. The molecule has 1 aliphatic heterocycles. The van der Waals surface area contributed by atoms with Gasteiger partial charge in [0.15, 0.2) is 11.8 Å². The molecule has 1 fully saturated rings. The fourth-order valence-corrected chi connectivity index (χ4v) is 3.43. The van der Waals surface area contributed by atoms with Gasteiger partial charge in [0.25, 0.3) is 0 Å². The van der Waals surface area contributed by atoms with Crippen LogP contribution in [0.15, 0.2) is 64.1 Å². The number of hydrogen-bond donors (Lipinski definition) is 2. The van der Waals surface area contributed by atoms with Gasteiger partial charge in [-0.15, -0.1) is 0 Å². The van der Waals surface area contributed by atoms with Gasteiger partial charge < -0.3 is 20.5 Å². The molecule has 0 amide bonds. The Bertz CT molecular complexity index is 995. The van der Waals surface area contributed by atoms with Crippen LogP contribution < -0.4 is 11.1 Å². The highest BCUT2D eigenvalue weighted by Crippen LogP contribution is 2.30. The largest absolute Gasteiger partial charge is 0.369 e. The van der Waals surface area contributed by atoms with Crippen molar-refractivity contribution in [1.82, 2.24) is 15.4 Å². The highest BCUT2D eigenvalue weighted by Gasteiger charge is 2.18. The van der Waals surface area contributed by atoms with E-state index >= 15 is 0 Å². The van der Waals surface area contributed by atoms with E-state index in [1.54, 1.807) is 18.2 Å². The third-order valence-electron chi connectivity index (χ3n) is 5.19. The third-order valence-corrected chi connectivity index (χ3v) is 5.19. The number of nitrogens with zero attached hydrogens (tertiary/aromatic N) is 3. The van der Waals surface area contributed by atoms with Crippen LogP contribution in [0, 0.1) is 5.82 Å². The summed E-state index contributed by atoms with van der Waals surface area (Å²) >= 11 is 0. The number of benzene rings is 2. The zero-order valence-corrected chi connectivity index (χ0v) is 16.3. The molecule has 1 aromatic heterocycles. The minimum absolute atomic E-state index is 0.161. The topological polar surface area (TPSA) is 79.7 Å². The maximum Gasteiger partial charge on any atom is 0.198 e. The van der Waals surface area contributed by atoms with Gasteiger partial charge in [0, 0.05) is 43.7 Å². The van der Waals surface area contributed by atoms with Gasteiger partial charge in [0.1, 0.15) is 11.6 Å². The van der Waals surface area contributed by atoms with Gasteiger partial charge in [-0.05, 0) is 17.2 Å². The Morgan fingerprint density at radius 1 is 1.17 bits per heavy atom. The van der Waals surface area contributed by atoms with E-state index in [2.05, 4.69) is 15.5 Å². The summed E-state index contributed by atoms with van der Waals surface area (Å²) in [5, 5.41) is 7.28. The summed E-state index contributed by atoms with van der Waals surface area (Å²) in [6.45, 7) is 5.32. The van der Waals surface area contributed by atoms with E-state index in [0.717, 1.165) is 37.3 Å². The van der Waals surface area contributed by atoms with Gasteiger partial charge >= 0.3 is 0 Å². The molecule has 0 bridgehead atoms. The zero-order valence-electron chi connectivity index (χ0n) is 16.3. The molecule has 3 aromatic rings. The number of guanidine groups is 1. The van der Waals surface area contributed by atoms with Crippen molar-refractivity contribution < 1.29 is 8.91 Å². The Labute approximate surface area is 169 Å². The Morgan fingerprint density at radius 3 is 2.66 bits per heavy atom. The molecule has 1 aliphatic rings. The second kappa shape index (κ2) is 8.45. The van der Waals surface area contributed by atoms with Crippen LogP contribution in [-0.2, 0) is 0 Å². The summed E-state index contributed by atoms with van der Waals surface area (Å²) in [5.74, 6) is 1.04. The van der Waals surface area contributed by atoms with Gasteiger partial charge in [-0.25, -0.2) is 4.39 Å². The number of piperazine rings is 1. The quantitative estimate of drug-likeness (QED) is 0.524. The average Bonchev–Trinajstić information content (AvgIpc) is 3.23. The fourth-order valence-electron chi connectivity index (χ4n) is 3.43. The molecule has 29 heavy (non-hydrogen) atoms. The lowest BCUT2D eigenvalue weighted by molar-refractivity contribution is 0.353. The first-order valence-corrected chi connectivity index (χ1v) is 9.73. The summed E-state index contributed by atoms with van der Waals surface area (Å²) in [4.78, 5) is 6.37. The maximum absolute atomic E-state index is 14.7. The van der Waals surface area contributed by atoms with Crippen LogP contribution in [0.1, 0.15) is 24.2 Å². The Hall–Kier alpha value is -3.19. The molecule has 2 heterocycles. The van der Waals surface area contributed by atoms with E-state index in [9.17, 15) is 4.39 Å². The molecule has 0 radical (unpaired) electrons. The van der Waals surface area contributed by atoms with Crippen LogP contribution in [0.4, 0.5) is 10.2 Å². The molecular formula is C22H24FN5O. The van der Waals surface area contributed by atoms with Gasteiger partial charge in [-0.2, -0.15) is 4.99 Å². The number of halogens is 1. The smallest absolute Gasteiger partial charge is 0.198 e. The van der Waals surface area contributed by atoms with Crippen LogP contribution in [0.25, 0.3) is 11.1 Å². The van der Waals surface area contributed by atoms with Crippen molar-refractivity contribution in [1.29, 1.82) is 0 Å². The van der Waals surface area contributed by atoms with Crippen molar-refractivity contribution in [3.8, 4) is 11.1 Å². The van der Waals surface area contributed by atoms with Gasteiger partial charge in [-0.1, -0.05) is 54.5 Å². The molecule has 1 saturated heterocycles. The molecule has 7 heteroatoms. The zero-order chi connectivity index (χ0) is 20.2. The maximum atomic E-state index is 14.7. The predicted octanol–water partition coefficient (Wildman–Crippen LogP) is 3.48. The standard InChI is InChI=1S/C22H24FN5O/c1-15(17-7-8-18(19(23)13-17)16-5-3-2-4-6-16)20-14-21(27-29-20)26-22(24)28-11-9-25-10-12-28/h2-8,13-15,25H,9-12H2,1H3,(H2,24,26,27). The average molecular weight is 393 g/mol. The predicted molar refractivity (Wildman–Crippen MR) is 112 cm³/mol. The molecule has 0 saturated carbocycles. The molecule has 4 rings (SSSR count). The van der Waals surface area contributed by atoms with E-state index in [-0.39, 0.29) is 11.7 Å². The molecule has 2 aromatic carbocycles. The van der Waals surface area contributed by atoms with E-state index in [4.69, 9.17) is 10.3 Å². The fraction of sp³-hybridized carbons (Fsp3) is 0.273. The molecule has 0 spiro atoms. The Kier molecular flexibility index (Phi) is 5.57. The minimum Gasteiger partial charge on any atom is -0.369 e. The SMILES string of the molecule is CC(c1ccc(-c2ccccc2)c(F)c1)c1cc(N=C(N)N2CCNCC2)no1. The van der Waals surface area contributed by atoms with Gasteiger partial charge in [-0.3, -0.25) is 0 Å². The van der Waals surface area contributed by atoms with Crippen LogP contribution in [0.2, 0.25) is 0 Å². The Morgan fingerprint density at radius 2 is 1.93 bits per heavy atom. The highest BCUT2D eigenvalue weighted by atomic mass is 19.1. The first-order chi connectivity index (χ1) is 14.1. The number of rotatable bonds is 4. The van der Waals surface area contributed by atoms with Crippen molar-refractivity contribution in [2.75, 3.05) is 26.2 Å². The van der Waals surface area contributed by atoms with E-state index in [0.29, 0.717) is 23.1 Å². The van der Waals surface area contributed by atoms with Gasteiger partial charge in [0.2, 0.25) is 0 Å². The van der Waals surface area contributed by atoms with Crippen LogP contribution in [0.5, 0.6) is 0 Å². The van der Waals surface area contributed by atoms with Crippen molar-refractivity contribution in [2.24, 2.45) is 10.7 Å². The van der Waals surface area contributed by atoms with Crippen LogP contribution in [-0.4, -0.2) is 42.2 Å². The lowest BCUT2D eigenvalue weighted by Crippen LogP contribution is -2.49. The number of nitrogens with two attached hydrogens (primary N) is 1. The summed E-state index contributed by atoms with van der Waals surface area (Å²) in [5.41, 5.74) is 8.32. The number of nitrogens with one attached hydrogen (secondary N) is 1. The molecule has 150 valence electrons. The molecule has 6 nitrogen and oxygen atoms in total. The highest BCUT2D eigenvalue weighted by molar-refractivity contribution is 5.80. The molecule has 1 atom stereocenters. The lowest BCUT2D eigenvalue weighted by atomic mass is 9.95. The third kappa shape index (κ3) is 4.30. The molecular weight excluding hydrogens is 369 g/mol. The van der Waals surface area contributed by atoms with Crippen LogP contribution >= 0.6 is 0 Å². The Balaban J connectivity index is 1.51.